The number of hydrogen-bond donors (Lipinski definition) is 6. The summed E-state index contributed by atoms with van der Waals surface area (Å²) < 4.78 is 28.5. The van der Waals surface area contributed by atoms with Crippen molar-refractivity contribution in [3.8, 4) is 5.75 Å². The Bertz CT molecular complexity index is 806. The number of phenols is 1. The first-order chi connectivity index (χ1) is 11.7. The van der Waals surface area contributed by atoms with E-state index in [1.54, 1.807) is 6.07 Å². The number of β-amino-alcohol motifs (C(OH)–C–C–N with tert-alkyl or cyclic N) is 1. The Morgan fingerprint density at radius 3 is 2.72 bits per heavy atom. The quantitative estimate of drug-likeness (QED) is 0.449. The van der Waals surface area contributed by atoms with E-state index in [-0.39, 0.29) is 29.6 Å². The van der Waals surface area contributed by atoms with Gasteiger partial charge < -0.3 is 19.9 Å². The fourth-order valence-corrected chi connectivity index (χ4v) is 3.90. The number of fused-ring (bicyclic) bond motifs is 1. The Labute approximate surface area is 145 Å². The van der Waals surface area contributed by atoms with Crippen LogP contribution in [0.2, 0.25) is 0 Å². The molecular weight excluding hydrogens is 350 g/mol. The molecule has 1 aromatic heterocycles. The van der Waals surface area contributed by atoms with Crippen molar-refractivity contribution in [2.45, 2.75) is 20.1 Å². The highest BCUT2D eigenvalue weighted by molar-refractivity contribution is 8.24. The lowest BCUT2D eigenvalue weighted by Crippen LogP contribution is -2.25. The van der Waals surface area contributed by atoms with E-state index in [0.29, 0.717) is 17.5 Å². The number of ether oxygens (including phenoxy) is 1. The number of aliphatic hydroxyl groups is 1. The molecule has 0 aliphatic carbocycles. The molecule has 1 aliphatic rings. The van der Waals surface area contributed by atoms with Gasteiger partial charge in [-0.15, -0.1) is 0 Å². The molecule has 10 heteroatoms. The zero-order chi connectivity index (χ0) is 18.4. The van der Waals surface area contributed by atoms with E-state index in [4.69, 9.17) is 4.74 Å². The molecule has 25 heavy (non-hydrogen) atoms. The number of anilines is 1. The summed E-state index contributed by atoms with van der Waals surface area (Å²) in [5, 5.41) is 20.4. The van der Waals surface area contributed by atoms with Gasteiger partial charge in [-0.05, 0) is 24.1 Å². The lowest BCUT2D eigenvalue weighted by molar-refractivity contribution is 0.0453. The van der Waals surface area contributed by atoms with Crippen molar-refractivity contribution in [1.82, 2.24) is 9.71 Å². The molecule has 6 N–H and O–H groups in total. The van der Waals surface area contributed by atoms with Crippen molar-refractivity contribution in [2.75, 3.05) is 17.5 Å². The van der Waals surface area contributed by atoms with Crippen LogP contribution in [0.15, 0.2) is 18.2 Å². The van der Waals surface area contributed by atoms with E-state index in [1.807, 2.05) is 13.8 Å². The average molecular weight is 371 g/mol. The van der Waals surface area contributed by atoms with E-state index in [0.717, 1.165) is 4.31 Å². The highest BCUT2D eigenvalue weighted by atomic mass is 32.3. The van der Waals surface area contributed by atoms with E-state index in [2.05, 4.69) is 9.71 Å². The zero-order valence-corrected chi connectivity index (χ0v) is 14.6. The molecule has 0 radical (unpaired) electrons. The molecule has 138 valence electrons. The number of H-pyrrole nitrogens is 1. The molecule has 1 saturated heterocycles. The normalized spacial score (nSPS) is 21.0. The number of benzene rings is 1. The van der Waals surface area contributed by atoms with Gasteiger partial charge in [0.2, 0.25) is 0 Å². The summed E-state index contributed by atoms with van der Waals surface area (Å²) in [4.78, 5) is 14.9. The monoisotopic (exact) mass is 371 g/mol. The number of aromatic hydroxyl groups is 1. The molecule has 2 aromatic rings. The summed E-state index contributed by atoms with van der Waals surface area (Å²) in [5.74, 6) is -0.499. The fraction of sp³-hybridized carbons (Fsp3) is 0.400. The number of carbonyl (C=O) groups is 1. The first kappa shape index (κ1) is 17.8. The lowest BCUT2D eigenvalue weighted by atomic mass is 10.2. The third-order valence-corrected chi connectivity index (χ3v) is 5.24. The maximum Gasteiger partial charge on any atom is 0.354 e. The Morgan fingerprint density at radius 1 is 1.40 bits per heavy atom. The molecule has 0 spiro atoms. The molecule has 1 aromatic carbocycles. The zero-order valence-electron chi connectivity index (χ0n) is 13.8. The summed E-state index contributed by atoms with van der Waals surface area (Å²) in [6.07, 6.45) is -1.13. The summed E-state index contributed by atoms with van der Waals surface area (Å²) in [7, 11) is -3.44. The van der Waals surface area contributed by atoms with Crippen LogP contribution >= 0.6 is 11.0 Å². The average Bonchev–Trinajstić information content (AvgIpc) is 3.03. The minimum Gasteiger partial charge on any atom is -0.506 e. The molecule has 2 heterocycles. The number of aromatic nitrogens is 1. The molecule has 9 nitrogen and oxygen atoms in total. The molecule has 0 saturated carbocycles. The number of phenolic OH excluding ortho intramolecular Hbond substituents is 1. The summed E-state index contributed by atoms with van der Waals surface area (Å²) >= 11 is 0. The SMILES string of the molecule is CC(C)COC(=O)c1cc2cc(O)c(N3CC(O)NS3(O)O)cc2[nH]1. The second-order valence-corrected chi connectivity index (χ2v) is 8.03. The van der Waals surface area contributed by atoms with Crippen molar-refractivity contribution < 1.29 is 28.8 Å². The number of carbonyl (C=O) groups excluding carboxylic acids is 1. The number of aromatic amines is 1. The van der Waals surface area contributed by atoms with Crippen LogP contribution in [0.1, 0.15) is 24.3 Å². The molecule has 3 rings (SSSR count). The minimum atomic E-state index is -3.44. The maximum atomic E-state index is 12.0. The van der Waals surface area contributed by atoms with Crippen LogP contribution in [0.3, 0.4) is 0 Å². The molecule has 1 unspecified atom stereocenters. The van der Waals surface area contributed by atoms with E-state index < -0.39 is 23.2 Å². The smallest absolute Gasteiger partial charge is 0.354 e. The van der Waals surface area contributed by atoms with Gasteiger partial charge in [-0.25, -0.2) is 4.79 Å². The number of hydrogen-bond acceptors (Lipinski definition) is 8. The largest absolute Gasteiger partial charge is 0.506 e. The highest BCUT2D eigenvalue weighted by Crippen LogP contribution is 2.50. The predicted octanol–water partition coefficient (Wildman–Crippen LogP) is 1.99. The van der Waals surface area contributed by atoms with Crippen molar-refractivity contribution >= 4 is 33.5 Å². The number of aliphatic hydroxyl groups excluding tert-OH is 1. The van der Waals surface area contributed by atoms with Gasteiger partial charge in [-0.2, -0.15) is 4.72 Å². The molecule has 0 bridgehead atoms. The summed E-state index contributed by atoms with van der Waals surface area (Å²) in [5.41, 5.74) is 0.875. The van der Waals surface area contributed by atoms with Crippen molar-refractivity contribution in [1.29, 1.82) is 0 Å². The van der Waals surface area contributed by atoms with Crippen LogP contribution in [0, 0.1) is 5.92 Å². The second-order valence-electron chi connectivity index (χ2n) is 6.32. The maximum absolute atomic E-state index is 12.0. The van der Waals surface area contributed by atoms with Gasteiger partial charge in [0.05, 0.1) is 13.2 Å². The van der Waals surface area contributed by atoms with Gasteiger partial charge in [0.15, 0.2) is 0 Å². The van der Waals surface area contributed by atoms with Gasteiger partial charge >= 0.3 is 5.97 Å². The predicted molar refractivity (Wildman–Crippen MR) is 94.4 cm³/mol. The molecule has 0 amide bonds. The van der Waals surface area contributed by atoms with Crippen LogP contribution in [0.5, 0.6) is 5.75 Å². The topological polar surface area (TPSA) is 138 Å². The van der Waals surface area contributed by atoms with E-state index in [1.165, 1.54) is 12.1 Å². The number of nitrogens with one attached hydrogen (secondary N) is 2. The van der Waals surface area contributed by atoms with Gasteiger partial charge in [-0.1, -0.05) is 24.8 Å². The third kappa shape index (κ3) is 3.53. The lowest BCUT2D eigenvalue weighted by Gasteiger charge is -2.36. The molecule has 1 atom stereocenters. The van der Waals surface area contributed by atoms with Gasteiger partial charge in [0.1, 0.15) is 23.4 Å². The summed E-state index contributed by atoms with van der Waals surface area (Å²) in [6.45, 7) is 4.05. The van der Waals surface area contributed by atoms with Crippen LogP contribution in [0.25, 0.3) is 10.9 Å². The van der Waals surface area contributed by atoms with Crippen LogP contribution in [-0.4, -0.2) is 49.7 Å². The Kier molecular flexibility index (Phi) is 4.56. The van der Waals surface area contributed by atoms with E-state index >= 15 is 0 Å². The van der Waals surface area contributed by atoms with Crippen LogP contribution < -0.4 is 9.03 Å². The number of rotatable bonds is 4. The first-order valence-corrected chi connectivity index (χ1v) is 9.22. The molecular formula is C15H21N3O6S. The van der Waals surface area contributed by atoms with Crippen molar-refractivity contribution in [2.24, 2.45) is 5.92 Å². The third-order valence-electron chi connectivity index (χ3n) is 3.69. The summed E-state index contributed by atoms with van der Waals surface area (Å²) in [6, 6.07) is 4.44. The fourth-order valence-electron chi connectivity index (χ4n) is 2.57. The van der Waals surface area contributed by atoms with Crippen molar-refractivity contribution in [3.63, 3.8) is 0 Å². The Hall–Kier alpha value is -1.98. The van der Waals surface area contributed by atoms with Crippen LogP contribution in [0.4, 0.5) is 5.69 Å². The van der Waals surface area contributed by atoms with E-state index in [9.17, 15) is 24.1 Å². The van der Waals surface area contributed by atoms with Crippen LogP contribution in [-0.2, 0) is 4.74 Å². The first-order valence-electron chi connectivity index (χ1n) is 7.71. The second kappa shape index (κ2) is 6.39. The standard InChI is InChI=1S/C15H21N3O6S/c1-8(2)7-24-15(21)11-3-9-4-13(19)12(5-10(9)16-11)18-6-14(20)17-25(18,22)23/h3-5,8,14,16-17,19-20,22-23H,6-7H2,1-2H3. The molecule has 1 fully saturated rings. The minimum absolute atomic E-state index is 0.106. The molecule has 1 aliphatic heterocycles. The Balaban J connectivity index is 1.93. The Morgan fingerprint density at radius 2 is 2.12 bits per heavy atom. The highest BCUT2D eigenvalue weighted by Gasteiger charge is 2.36. The van der Waals surface area contributed by atoms with Crippen molar-refractivity contribution in [3.05, 3.63) is 23.9 Å². The van der Waals surface area contributed by atoms with Gasteiger partial charge in [-0.3, -0.25) is 13.4 Å². The van der Waals surface area contributed by atoms with Gasteiger partial charge in [0.25, 0.3) is 0 Å². The number of esters is 1. The van der Waals surface area contributed by atoms with Gasteiger partial charge in [0, 0.05) is 10.9 Å². The number of nitrogens with zero attached hydrogens (tertiary/aromatic N) is 1.